The summed E-state index contributed by atoms with van der Waals surface area (Å²) in [7, 11) is 0. The molecule has 0 aliphatic rings. The lowest BCUT2D eigenvalue weighted by atomic mass is 10.0. The lowest BCUT2D eigenvalue weighted by molar-refractivity contribution is 0.0952. The van der Waals surface area contributed by atoms with Crippen LogP contribution in [-0.2, 0) is 6.54 Å². The number of fused-ring (bicyclic) bond motifs is 1. The molecule has 0 atom stereocenters. The van der Waals surface area contributed by atoms with E-state index in [1.54, 1.807) is 0 Å². The molecule has 0 unspecified atom stereocenters. The molecule has 3 rings (SSSR count). The number of hydrogen-bond acceptors (Lipinski definition) is 2. The average Bonchev–Trinajstić information content (AvgIpc) is 2.52. The van der Waals surface area contributed by atoms with Crippen molar-refractivity contribution in [3.63, 3.8) is 0 Å². The standard InChI is InChI=1S/C18H16N2O/c19-15-8-3-5-13(11-15)12-20-18(21)17-10-4-7-14-6-1-2-9-16(14)17/h1-11H,12,19H2,(H,20,21). The van der Waals surface area contributed by atoms with Crippen LogP contribution >= 0.6 is 0 Å². The third-order valence-corrected chi connectivity index (χ3v) is 3.44. The zero-order valence-electron chi connectivity index (χ0n) is 11.5. The minimum atomic E-state index is -0.0748. The number of amides is 1. The fourth-order valence-corrected chi connectivity index (χ4v) is 2.40. The molecule has 3 nitrogen and oxygen atoms in total. The lowest BCUT2D eigenvalue weighted by Gasteiger charge is -2.08. The number of carbonyl (C=O) groups excluding carboxylic acids is 1. The SMILES string of the molecule is Nc1cccc(CNC(=O)c2cccc3ccccc23)c1. The highest BCUT2D eigenvalue weighted by Gasteiger charge is 2.09. The fraction of sp³-hybridized carbons (Fsp3) is 0.0556. The van der Waals surface area contributed by atoms with Gasteiger partial charge in [0.25, 0.3) is 5.91 Å². The quantitative estimate of drug-likeness (QED) is 0.721. The summed E-state index contributed by atoms with van der Waals surface area (Å²) in [4.78, 5) is 12.4. The van der Waals surface area contributed by atoms with E-state index in [-0.39, 0.29) is 5.91 Å². The van der Waals surface area contributed by atoms with Crippen LogP contribution < -0.4 is 11.1 Å². The molecule has 21 heavy (non-hydrogen) atoms. The number of benzene rings is 3. The number of rotatable bonds is 3. The Balaban J connectivity index is 1.81. The van der Waals surface area contributed by atoms with Crippen LogP contribution in [0.4, 0.5) is 5.69 Å². The van der Waals surface area contributed by atoms with E-state index >= 15 is 0 Å². The predicted octanol–water partition coefficient (Wildman–Crippen LogP) is 3.35. The third kappa shape index (κ3) is 2.87. The van der Waals surface area contributed by atoms with E-state index in [4.69, 9.17) is 5.73 Å². The van der Waals surface area contributed by atoms with E-state index in [2.05, 4.69) is 5.32 Å². The smallest absolute Gasteiger partial charge is 0.252 e. The largest absolute Gasteiger partial charge is 0.399 e. The Morgan fingerprint density at radius 3 is 2.57 bits per heavy atom. The van der Waals surface area contributed by atoms with Crippen LogP contribution in [0.1, 0.15) is 15.9 Å². The summed E-state index contributed by atoms with van der Waals surface area (Å²) in [5.41, 5.74) is 8.12. The minimum Gasteiger partial charge on any atom is -0.399 e. The summed E-state index contributed by atoms with van der Waals surface area (Å²) in [6.45, 7) is 0.465. The van der Waals surface area contributed by atoms with Gasteiger partial charge in [-0.2, -0.15) is 0 Å². The van der Waals surface area contributed by atoms with Gasteiger partial charge < -0.3 is 11.1 Å². The molecule has 1 amide bonds. The molecular weight excluding hydrogens is 260 g/mol. The van der Waals surface area contributed by atoms with Crippen molar-refractivity contribution in [2.75, 3.05) is 5.73 Å². The molecule has 104 valence electrons. The molecule has 0 bridgehead atoms. The van der Waals surface area contributed by atoms with Gasteiger partial charge in [-0.25, -0.2) is 0 Å². The summed E-state index contributed by atoms with van der Waals surface area (Å²) in [5.74, 6) is -0.0748. The monoisotopic (exact) mass is 276 g/mol. The van der Waals surface area contributed by atoms with Gasteiger partial charge in [0.05, 0.1) is 0 Å². The molecule has 0 aliphatic heterocycles. The summed E-state index contributed by atoms with van der Waals surface area (Å²) in [6.07, 6.45) is 0. The molecule has 0 heterocycles. The van der Waals surface area contributed by atoms with E-state index in [0.29, 0.717) is 17.8 Å². The van der Waals surface area contributed by atoms with Gasteiger partial charge in [0, 0.05) is 17.8 Å². The van der Waals surface area contributed by atoms with Crippen molar-refractivity contribution in [1.29, 1.82) is 0 Å². The first kappa shape index (κ1) is 13.2. The van der Waals surface area contributed by atoms with E-state index in [9.17, 15) is 4.79 Å². The molecule has 3 aromatic carbocycles. The maximum absolute atomic E-state index is 12.4. The summed E-state index contributed by atoms with van der Waals surface area (Å²) in [5, 5.41) is 4.97. The fourth-order valence-electron chi connectivity index (χ4n) is 2.40. The summed E-state index contributed by atoms with van der Waals surface area (Å²) in [6, 6.07) is 21.1. The Labute approximate surface area is 123 Å². The van der Waals surface area contributed by atoms with Crippen LogP contribution in [0.3, 0.4) is 0 Å². The number of anilines is 1. The minimum absolute atomic E-state index is 0.0748. The number of carbonyl (C=O) groups is 1. The molecule has 0 fully saturated rings. The van der Waals surface area contributed by atoms with Gasteiger partial charge in [-0.15, -0.1) is 0 Å². The maximum atomic E-state index is 12.4. The van der Waals surface area contributed by atoms with Gasteiger partial charge >= 0.3 is 0 Å². The van der Waals surface area contributed by atoms with Crippen LogP contribution in [0, 0.1) is 0 Å². The van der Waals surface area contributed by atoms with Gasteiger partial charge in [-0.1, -0.05) is 48.5 Å². The van der Waals surface area contributed by atoms with Gasteiger partial charge in [0.15, 0.2) is 0 Å². The molecule has 3 heteroatoms. The summed E-state index contributed by atoms with van der Waals surface area (Å²) < 4.78 is 0. The molecule has 0 spiro atoms. The molecule has 3 N–H and O–H groups in total. The van der Waals surface area contributed by atoms with Crippen molar-refractivity contribution in [2.45, 2.75) is 6.54 Å². The molecule has 3 aromatic rings. The Kier molecular flexibility index (Phi) is 3.56. The number of nitrogens with two attached hydrogens (primary N) is 1. The highest BCUT2D eigenvalue weighted by molar-refractivity contribution is 6.06. The zero-order chi connectivity index (χ0) is 14.7. The zero-order valence-corrected chi connectivity index (χ0v) is 11.5. The van der Waals surface area contributed by atoms with E-state index in [0.717, 1.165) is 16.3 Å². The van der Waals surface area contributed by atoms with Crippen molar-refractivity contribution in [3.8, 4) is 0 Å². The molecule has 0 saturated carbocycles. The molecule has 0 aliphatic carbocycles. The average molecular weight is 276 g/mol. The van der Waals surface area contributed by atoms with Crippen LogP contribution in [0.5, 0.6) is 0 Å². The molecule has 0 radical (unpaired) electrons. The first-order valence-electron chi connectivity index (χ1n) is 6.84. The van der Waals surface area contributed by atoms with Crippen molar-refractivity contribution < 1.29 is 4.79 Å². The number of nitrogens with one attached hydrogen (secondary N) is 1. The first-order valence-corrected chi connectivity index (χ1v) is 6.84. The van der Waals surface area contributed by atoms with Crippen LogP contribution in [0.2, 0.25) is 0 Å². The Morgan fingerprint density at radius 2 is 1.71 bits per heavy atom. The number of nitrogen functional groups attached to an aromatic ring is 1. The van der Waals surface area contributed by atoms with Gasteiger partial charge in [-0.3, -0.25) is 4.79 Å². The second-order valence-electron chi connectivity index (χ2n) is 4.95. The Bertz CT molecular complexity index is 791. The molecule has 0 saturated heterocycles. The Morgan fingerprint density at radius 1 is 0.952 bits per heavy atom. The highest BCUT2D eigenvalue weighted by atomic mass is 16.1. The van der Waals surface area contributed by atoms with Crippen LogP contribution in [-0.4, -0.2) is 5.91 Å². The maximum Gasteiger partial charge on any atom is 0.252 e. The second-order valence-corrected chi connectivity index (χ2v) is 4.95. The topological polar surface area (TPSA) is 55.1 Å². The van der Waals surface area contributed by atoms with E-state index < -0.39 is 0 Å². The van der Waals surface area contributed by atoms with Gasteiger partial charge in [0.1, 0.15) is 0 Å². The van der Waals surface area contributed by atoms with Crippen molar-refractivity contribution in [2.24, 2.45) is 0 Å². The van der Waals surface area contributed by atoms with Crippen molar-refractivity contribution >= 4 is 22.4 Å². The lowest BCUT2D eigenvalue weighted by Crippen LogP contribution is -2.23. The predicted molar refractivity (Wildman–Crippen MR) is 86.0 cm³/mol. The number of hydrogen-bond donors (Lipinski definition) is 2. The van der Waals surface area contributed by atoms with Gasteiger partial charge in [0.2, 0.25) is 0 Å². The Hall–Kier alpha value is -2.81. The van der Waals surface area contributed by atoms with Crippen LogP contribution in [0.25, 0.3) is 10.8 Å². The van der Waals surface area contributed by atoms with Crippen LogP contribution in [0.15, 0.2) is 66.7 Å². The van der Waals surface area contributed by atoms with Gasteiger partial charge in [-0.05, 0) is 34.5 Å². The normalized spacial score (nSPS) is 10.5. The highest BCUT2D eigenvalue weighted by Crippen LogP contribution is 2.18. The summed E-state index contributed by atoms with van der Waals surface area (Å²) >= 11 is 0. The van der Waals surface area contributed by atoms with E-state index in [1.165, 1.54) is 0 Å². The third-order valence-electron chi connectivity index (χ3n) is 3.44. The molecular formula is C18H16N2O. The van der Waals surface area contributed by atoms with Crippen molar-refractivity contribution in [1.82, 2.24) is 5.32 Å². The van der Waals surface area contributed by atoms with E-state index in [1.807, 2.05) is 66.7 Å². The second kappa shape index (κ2) is 5.67. The van der Waals surface area contributed by atoms with Crippen molar-refractivity contribution in [3.05, 3.63) is 77.9 Å². The molecule has 0 aromatic heterocycles. The first-order chi connectivity index (χ1) is 10.2.